The zero-order valence-electron chi connectivity index (χ0n) is 24.6. The summed E-state index contributed by atoms with van der Waals surface area (Å²) in [5.41, 5.74) is -8.83. The van der Waals surface area contributed by atoms with Crippen LogP contribution in [0.4, 0.5) is 0 Å². The van der Waals surface area contributed by atoms with Crippen LogP contribution in [0.25, 0.3) is 0 Å². The van der Waals surface area contributed by atoms with Crippen LogP contribution in [0.3, 0.4) is 0 Å². The molecule has 42 heavy (non-hydrogen) atoms. The second-order valence-electron chi connectivity index (χ2n) is 15.5. The van der Waals surface area contributed by atoms with Crippen molar-refractivity contribution in [2.24, 2.45) is 34.5 Å². The van der Waals surface area contributed by atoms with Gasteiger partial charge in [0.2, 0.25) is 17.4 Å². The Balaban J connectivity index is 1.36. The fourth-order valence-electron chi connectivity index (χ4n) is 11.4. The highest BCUT2D eigenvalue weighted by Gasteiger charge is 2.89. The van der Waals surface area contributed by atoms with Crippen molar-refractivity contribution in [1.29, 1.82) is 0 Å². The van der Waals surface area contributed by atoms with Crippen LogP contribution in [0.5, 0.6) is 0 Å². The van der Waals surface area contributed by atoms with Crippen LogP contribution >= 0.6 is 0 Å². The summed E-state index contributed by atoms with van der Waals surface area (Å²) >= 11 is 0. The molecular weight excluding hydrogens is 552 g/mol. The summed E-state index contributed by atoms with van der Waals surface area (Å²) in [7, 11) is 0. The molecule has 230 valence electrons. The SMILES string of the molecule is CC1C(=O)C2(C)CCC34CC56OC(=O)CC5(O)OC(C)(C)C6CC(O)C3C(=O)C3(OC5C(OC(=O)C5(C)O)C1C23C)O4. The van der Waals surface area contributed by atoms with Crippen molar-refractivity contribution in [3.63, 3.8) is 0 Å². The Labute approximate surface area is 242 Å². The molecule has 8 aliphatic rings. The van der Waals surface area contributed by atoms with E-state index in [-0.39, 0.29) is 31.5 Å². The summed E-state index contributed by atoms with van der Waals surface area (Å²) < 4.78 is 31.4. The Bertz CT molecular complexity index is 1390. The van der Waals surface area contributed by atoms with Gasteiger partial charge in [-0.2, -0.15) is 0 Å². The molecule has 0 aromatic heterocycles. The molecule has 0 aromatic rings. The monoisotopic (exact) mass is 590 g/mol. The van der Waals surface area contributed by atoms with Gasteiger partial charge in [0, 0.05) is 35.0 Å². The molecule has 0 radical (unpaired) electrons. The van der Waals surface area contributed by atoms with Crippen molar-refractivity contribution in [2.45, 2.75) is 126 Å². The number of carbonyl (C=O) groups excluding carboxylic acids is 4. The minimum atomic E-state index is -2.15. The molecule has 2 bridgehead atoms. The first-order valence-electron chi connectivity index (χ1n) is 15.0. The predicted octanol–water partition coefficient (Wildman–Crippen LogP) is 0.308. The Morgan fingerprint density at radius 1 is 0.929 bits per heavy atom. The first kappa shape index (κ1) is 27.6. The van der Waals surface area contributed by atoms with Crippen LogP contribution in [0.2, 0.25) is 0 Å². The fourth-order valence-corrected chi connectivity index (χ4v) is 11.4. The highest BCUT2D eigenvalue weighted by Crippen LogP contribution is 2.76. The van der Waals surface area contributed by atoms with E-state index in [1.165, 1.54) is 6.92 Å². The van der Waals surface area contributed by atoms with E-state index >= 15 is 4.79 Å². The number of hydrogen-bond acceptors (Lipinski definition) is 12. The molecule has 8 fully saturated rings. The van der Waals surface area contributed by atoms with Gasteiger partial charge in [-0.05, 0) is 40.0 Å². The minimum Gasteiger partial charge on any atom is -0.457 e. The van der Waals surface area contributed by atoms with Gasteiger partial charge >= 0.3 is 11.9 Å². The lowest BCUT2D eigenvalue weighted by atomic mass is 9.52. The molecule has 6 aliphatic heterocycles. The van der Waals surface area contributed by atoms with E-state index in [0.717, 1.165) is 0 Å². The normalized spacial score (nSPS) is 61.9. The number of aliphatic hydroxyl groups excluding tert-OH is 1. The molecule has 0 amide bonds. The minimum absolute atomic E-state index is 0.0295. The highest BCUT2D eigenvalue weighted by molar-refractivity contribution is 5.99. The van der Waals surface area contributed by atoms with Gasteiger partial charge in [-0.1, -0.05) is 20.8 Å². The van der Waals surface area contributed by atoms with Gasteiger partial charge in [0.25, 0.3) is 0 Å². The van der Waals surface area contributed by atoms with E-state index in [0.29, 0.717) is 0 Å². The Hall–Kier alpha value is -1.96. The number of ketones is 2. The van der Waals surface area contributed by atoms with E-state index in [2.05, 4.69) is 0 Å². The summed E-state index contributed by atoms with van der Waals surface area (Å²) in [4.78, 5) is 54.9. The predicted molar refractivity (Wildman–Crippen MR) is 136 cm³/mol. The van der Waals surface area contributed by atoms with Crippen LogP contribution in [-0.2, 0) is 42.9 Å². The summed E-state index contributed by atoms with van der Waals surface area (Å²) in [5.74, 6) is -9.67. The Morgan fingerprint density at radius 2 is 1.62 bits per heavy atom. The van der Waals surface area contributed by atoms with Gasteiger partial charge in [0.05, 0.1) is 23.2 Å². The van der Waals surface area contributed by atoms with E-state index < -0.39 is 111 Å². The van der Waals surface area contributed by atoms with Crippen LogP contribution in [0, 0.1) is 34.5 Å². The number of carbonyl (C=O) groups is 4. The molecule has 2 saturated carbocycles. The lowest BCUT2D eigenvalue weighted by Gasteiger charge is -2.57. The van der Waals surface area contributed by atoms with Crippen LogP contribution in [0.1, 0.15) is 73.6 Å². The summed E-state index contributed by atoms with van der Waals surface area (Å²) in [6.45, 7) is 10.1. The lowest BCUT2D eigenvalue weighted by Crippen LogP contribution is -2.71. The van der Waals surface area contributed by atoms with Crippen molar-refractivity contribution >= 4 is 23.5 Å². The number of ether oxygens (including phenoxy) is 5. The third kappa shape index (κ3) is 2.48. The van der Waals surface area contributed by atoms with Crippen LogP contribution in [-0.4, -0.2) is 91.1 Å². The van der Waals surface area contributed by atoms with Crippen molar-refractivity contribution in [1.82, 2.24) is 0 Å². The molecule has 14 unspecified atom stereocenters. The number of fused-ring (bicyclic) bond motifs is 2. The number of hydrogen-bond donors (Lipinski definition) is 3. The highest BCUT2D eigenvalue weighted by atomic mass is 16.8. The topological polar surface area (TPSA) is 175 Å². The quantitative estimate of drug-likeness (QED) is 0.330. The smallest absolute Gasteiger partial charge is 0.341 e. The molecule has 2 aliphatic carbocycles. The van der Waals surface area contributed by atoms with Crippen LogP contribution in [0.15, 0.2) is 0 Å². The molecule has 12 heteroatoms. The van der Waals surface area contributed by atoms with Gasteiger partial charge in [-0.25, -0.2) is 4.79 Å². The fraction of sp³-hybridized carbons (Fsp3) is 0.867. The molecule has 3 N–H and O–H groups in total. The summed E-state index contributed by atoms with van der Waals surface area (Å²) in [6, 6.07) is 0. The molecule has 8 rings (SSSR count). The molecule has 3 spiro atoms. The zero-order chi connectivity index (χ0) is 30.4. The van der Waals surface area contributed by atoms with Crippen LogP contribution < -0.4 is 0 Å². The first-order chi connectivity index (χ1) is 19.3. The first-order valence-corrected chi connectivity index (χ1v) is 15.0. The average Bonchev–Trinajstić information content (AvgIpc) is 3.39. The summed E-state index contributed by atoms with van der Waals surface area (Å²) in [6.07, 6.45) is -3.87. The summed E-state index contributed by atoms with van der Waals surface area (Å²) in [5, 5.41) is 35.0. The second kappa shape index (κ2) is 7.13. The lowest BCUT2D eigenvalue weighted by molar-refractivity contribution is -0.370. The van der Waals surface area contributed by atoms with Crippen molar-refractivity contribution < 1.29 is 58.2 Å². The van der Waals surface area contributed by atoms with Crippen molar-refractivity contribution in [3.8, 4) is 0 Å². The van der Waals surface area contributed by atoms with E-state index in [1.54, 1.807) is 34.6 Å². The van der Waals surface area contributed by atoms with Crippen molar-refractivity contribution in [2.75, 3.05) is 0 Å². The van der Waals surface area contributed by atoms with E-state index in [1.807, 2.05) is 0 Å². The van der Waals surface area contributed by atoms with Gasteiger partial charge in [-0.15, -0.1) is 0 Å². The molecular formula is C30H38O12. The Kier molecular flexibility index (Phi) is 4.68. The van der Waals surface area contributed by atoms with Gasteiger partial charge in [-0.3, -0.25) is 14.4 Å². The number of esters is 2. The molecule has 12 nitrogen and oxygen atoms in total. The Morgan fingerprint density at radius 3 is 2.31 bits per heavy atom. The zero-order valence-corrected chi connectivity index (χ0v) is 24.6. The molecule has 0 aromatic carbocycles. The second-order valence-corrected chi connectivity index (χ2v) is 15.5. The third-order valence-electron chi connectivity index (χ3n) is 13.3. The average molecular weight is 591 g/mol. The van der Waals surface area contributed by atoms with Gasteiger partial charge < -0.3 is 39.0 Å². The van der Waals surface area contributed by atoms with Gasteiger partial charge in [0.15, 0.2) is 11.2 Å². The number of aliphatic hydroxyl groups is 3. The van der Waals surface area contributed by atoms with Gasteiger partial charge in [0.1, 0.15) is 24.4 Å². The maximum Gasteiger partial charge on any atom is 0.341 e. The molecule has 6 heterocycles. The number of rotatable bonds is 0. The third-order valence-corrected chi connectivity index (χ3v) is 13.3. The maximum absolute atomic E-state index is 15.0. The van der Waals surface area contributed by atoms with E-state index in [4.69, 9.17) is 23.7 Å². The van der Waals surface area contributed by atoms with Crippen molar-refractivity contribution in [3.05, 3.63) is 0 Å². The largest absolute Gasteiger partial charge is 0.457 e. The molecule has 14 atom stereocenters. The van der Waals surface area contributed by atoms with E-state index in [9.17, 15) is 29.7 Å². The maximum atomic E-state index is 15.0. The standard InChI is InChI=1S/C30H38O12/c1-12-16-18-21(25(5,36)22(35)38-18)40-30-20(34)17-13(31)9-14-23(2,3)41-29(37)10-15(32)39-28(14,29)11-27(17,42-30)8-7-24(4,19(12)33)26(16,30)6/h12-14,16-18,21,31,36-37H,7-11H2,1-6H3. The molecule has 6 saturated heterocycles. The number of Topliss-reactive ketones (excluding diaryl/α,β-unsaturated/α-hetero) is 2.